The molecule has 3 unspecified atom stereocenters. The molecule has 0 aromatic carbocycles. The van der Waals surface area contributed by atoms with Crippen LogP contribution in [-0.2, 0) is 4.79 Å². The highest BCUT2D eigenvalue weighted by Gasteiger charge is 2.21. The zero-order valence-corrected chi connectivity index (χ0v) is 31.7. The summed E-state index contributed by atoms with van der Waals surface area (Å²) in [7, 11) is 0. The Hall–Kier alpha value is -0.910. The van der Waals surface area contributed by atoms with Gasteiger partial charge in [-0.2, -0.15) is 0 Å². The minimum Gasteiger partial charge on any atom is -0.394 e. The van der Waals surface area contributed by atoms with Gasteiger partial charge in [-0.05, 0) is 38.5 Å². The second-order valence-electron chi connectivity index (χ2n) is 14.6. The summed E-state index contributed by atoms with van der Waals surface area (Å²) < 4.78 is 0. The topological polar surface area (TPSA) is 89.8 Å². The van der Waals surface area contributed by atoms with Crippen molar-refractivity contribution in [3.63, 3.8) is 0 Å². The molecule has 0 heterocycles. The predicted molar refractivity (Wildman–Crippen MR) is 204 cm³/mol. The van der Waals surface area contributed by atoms with Crippen molar-refractivity contribution in [3.05, 3.63) is 12.2 Å². The molecule has 3 atom stereocenters. The SMILES string of the molecule is CCCCCCCC/C=C\CCCC(O)CC(=O)NC(CO)C(O)CCCCCCCCCCCCCCCCCCCCCCC. The van der Waals surface area contributed by atoms with Gasteiger partial charge in [-0.3, -0.25) is 4.79 Å². The van der Waals surface area contributed by atoms with Gasteiger partial charge in [0.2, 0.25) is 5.91 Å². The Morgan fingerprint density at radius 1 is 0.511 bits per heavy atom. The van der Waals surface area contributed by atoms with Crippen LogP contribution < -0.4 is 5.32 Å². The molecule has 280 valence electrons. The first-order chi connectivity index (χ1) is 23.0. The smallest absolute Gasteiger partial charge is 0.222 e. The molecule has 0 saturated carbocycles. The zero-order chi connectivity index (χ0) is 34.5. The van der Waals surface area contributed by atoms with E-state index in [0.717, 1.165) is 32.1 Å². The lowest BCUT2D eigenvalue weighted by molar-refractivity contribution is -0.125. The maximum atomic E-state index is 12.4. The third kappa shape index (κ3) is 34.7. The minimum absolute atomic E-state index is 0.0179. The maximum absolute atomic E-state index is 12.4. The summed E-state index contributed by atoms with van der Waals surface area (Å²) in [5.74, 6) is -0.298. The van der Waals surface area contributed by atoms with Crippen molar-refractivity contribution in [2.45, 2.75) is 244 Å². The molecule has 0 aliphatic carbocycles. The van der Waals surface area contributed by atoms with Gasteiger partial charge in [0.15, 0.2) is 0 Å². The summed E-state index contributed by atoms with van der Waals surface area (Å²) in [6, 6.07) is -0.662. The lowest BCUT2D eigenvalue weighted by atomic mass is 10.0. The highest BCUT2D eigenvalue weighted by atomic mass is 16.3. The van der Waals surface area contributed by atoms with Crippen LogP contribution >= 0.6 is 0 Å². The molecule has 1 amide bonds. The van der Waals surface area contributed by atoms with Crippen molar-refractivity contribution in [3.8, 4) is 0 Å². The Labute approximate surface area is 293 Å². The molecular weight excluding hydrogens is 582 g/mol. The fourth-order valence-corrected chi connectivity index (χ4v) is 6.58. The number of unbranched alkanes of at least 4 members (excludes halogenated alkanes) is 27. The average Bonchev–Trinajstić information content (AvgIpc) is 3.06. The number of rotatable bonds is 38. The Morgan fingerprint density at radius 3 is 1.28 bits per heavy atom. The number of aliphatic hydroxyl groups excluding tert-OH is 3. The molecule has 0 aliphatic heterocycles. The Bertz CT molecular complexity index is 655. The molecule has 0 aromatic rings. The predicted octanol–water partition coefficient (Wildman–Crippen LogP) is 11.7. The van der Waals surface area contributed by atoms with E-state index in [1.165, 1.54) is 161 Å². The number of carbonyl (C=O) groups excluding carboxylic acids is 1. The van der Waals surface area contributed by atoms with Crippen molar-refractivity contribution in [2.75, 3.05) is 6.61 Å². The van der Waals surface area contributed by atoms with Gasteiger partial charge in [-0.1, -0.05) is 193 Å². The molecule has 0 fully saturated rings. The lowest BCUT2D eigenvalue weighted by Crippen LogP contribution is -2.46. The standard InChI is InChI=1S/C42H83NO4/c1-3-5-7-9-11-13-15-16-17-18-19-20-21-22-23-24-26-28-30-32-34-36-41(46)40(38-44)43-42(47)37-39(45)35-33-31-29-27-25-14-12-10-8-6-4-2/h27,29,39-41,44-46H,3-26,28,30-38H2,1-2H3,(H,43,47)/b29-27-. The molecule has 0 rings (SSSR count). The van der Waals surface area contributed by atoms with Crippen LogP contribution in [0.1, 0.15) is 226 Å². The summed E-state index contributed by atoms with van der Waals surface area (Å²) in [4.78, 5) is 12.4. The zero-order valence-electron chi connectivity index (χ0n) is 31.7. The van der Waals surface area contributed by atoms with Gasteiger partial charge in [-0.15, -0.1) is 0 Å². The number of nitrogens with one attached hydrogen (secondary N) is 1. The number of amides is 1. The van der Waals surface area contributed by atoms with Crippen LogP contribution in [0.4, 0.5) is 0 Å². The largest absolute Gasteiger partial charge is 0.394 e. The summed E-state index contributed by atoms with van der Waals surface area (Å²) in [6.07, 6.45) is 43.2. The number of carbonyl (C=O) groups is 1. The van der Waals surface area contributed by atoms with E-state index in [1.54, 1.807) is 0 Å². The minimum atomic E-state index is -0.752. The normalized spacial score (nSPS) is 13.7. The summed E-state index contributed by atoms with van der Waals surface area (Å²) >= 11 is 0. The van der Waals surface area contributed by atoms with E-state index in [0.29, 0.717) is 12.8 Å². The van der Waals surface area contributed by atoms with Crippen LogP contribution in [0.15, 0.2) is 12.2 Å². The van der Waals surface area contributed by atoms with Crippen molar-refractivity contribution in [1.82, 2.24) is 5.32 Å². The van der Waals surface area contributed by atoms with Crippen molar-refractivity contribution < 1.29 is 20.1 Å². The van der Waals surface area contributed by atoms with Crippen LogP contribution in [0, 0.1) is 0 Å². The van der Waals surface area contributed by atoms with Crippen LogP contribution in [0.3, 0.4) is 0 Å². The van der Waals surface area contributed by atoms with Gasteiger partial charge in [0.05, 0.1) is 31.3 Å². The van der Waals surface area contributed by atoms with E-state index in [4.69, 9.17) is 0 Å². The molecule has 47 heavy (non-hydrogen) atoms. The van der Waals surface area contributed by atoms with Gasteiger partial charge in [0.1, 0.15) is 0 Å². The van der Waals surface area contributed by atoms with Crippen molar-refractivity contribution in [1.29, 1.82) is 0 Å². The van der Waals surface area contributed by atoms with E-state index < -0.39 is 18.2 Å². The molecule has 5 nitrogen and oxygen atoms in total. The first-order valence-corrected chi connectivity index (χ1v) is 21.0. The lowest BCUT2D eigenvalue weighted by Gasteiger charge is -2.23. The van der Waals surface area contributed by atoms with Gasteiger partial charge < -0.3 is 20.6 Å². The molecule has 0 bridgehead atoms. The highest BCUT2D eigenvalue weighted by Crippen LogP contribution is 2.16. The van der Waals surface area contributed by atoms with Gasteiger partial charge >= 0.3 is 0 Å². The van der Waals surface area contributed by atoms with Crippen molar-refractivity contribution >= 4 is 5.91 Å². The molecule has 4 N–H and O–H groups in total. The Balaban J connectivity index is 3.60. The van der Waals surface area contributed by atoms with E-state index in [2.05, 4.69) is 31.3 Å². The molecule has 0 saturated heterocycles. The van der Waals surface area contributed by atoms with Gasteiger partial charge in [-0.25, -0.2) is 0 Å². The molecule has 0 aromatic heterocycles. The molecule has 0 spiro atoms. The number of hydrogen-bond acceptors (Lipinski definition) is 4. The monoisotopic (exact) mass is 666 g/mol. The summed E-state index contributed by atoms with van der Waals surface area (Å²) in [5, 5.41) is 33.3. The Morgan fingerprint density at radius 2 is 0.872 bits per heavy atom. The second kappa shape index (κ2) is 37.9. The fourth-order valence-electron chi connectivity index (χ4n) is 6.58. The van der Waals surface area contributed by atoms with Crippen LogP contribution in [0.25, 0.3) is 0 Å². The third-order valence-corrected chi connectivity index (χ3v) is 9.83. The summed E-state index contributed by atoms with van der Waals surface area (Å²) in [5.41, 5.74) is 0. The summed E-state index contributed by atoms with van der Waals surface area (Å²) in [6.45, 7) is 4.24. The van der Waals surface area contributed by atoms with E-state index in [-0.39, 0.29) is 18.9 Å². The van der Waals surface area contributed by atoms with Crippen LogP contribution in [0.2, 0.25) is 0 Å². The third-order valence-electron chi connectivity index (χ3n) is 9.83. The second-order valence-corrected chi connectivity index (χ2v) is 14.6. The molecule has 5 heteroatoms. The molecule has 0 aliphatic rings. The Kier molecular flexibility index (Phi) is 37.2. The van der Waals surface area contributed by atoms with E-state index in [9.17, 15) is 20.1 Å². The van der Waals surface area contributed by atoms with Crippen molar-refractivity contribution in [2.24, 2.45) is 0 Å². The number of hydrogen-bond donors (Lipinski definition) is 4. The first kappa shape index (κ1) is 46.1. The first-order valence-electron chi connectivity index (χ1n) is 21.0. The van der Waals surface area contributed by atoms with Gasteiger partial charge in [0, 0.05) is 0 Å². The van der Waals surface area contributed by atoms with Crippen LogP contribution in [-0.4, -0.2) is 46.1 Å². The van der Waals surface area contributed by atoms with Crippen LogP contribution in [0.5, 0.6) is 0 Å². The number of allylic oxidation sites excluding steroid dienone is 2. The highest BCUT2D eigenvalue weighted by molar-refractivity contribution is 5.76. The maximum Gasteiger partial charge on any atom is 0.222 e. The molecular formula is C42H83NO4. The fraction of sp³-hybridized carbons (Fsp3) is 0.929. The van der Waals surface area contributed by atoms with E-state index in [1.807, 2.05) is 0 Å². The van der Waals surface area contributed by atoms with E-state index >= 15 is 0 Å². The quantitative estimate of drug-likeness (QED) is 0.0390. The molecule has 0 radical (unpaired) electrons. The number of aliphatic hydroxyl groups is 3. The average molecular weight is 666 g/mol. The van der Waals surface area contributed by atoms with Gasteiger partial charge in [0.25, 0.3) is 0 Å².